The van der Waals surface area contributed by atoms with E-state index < -0.39 is 6.23 Å². The molecule has 0 saturated heterocycles. The quantitative estimate of drug-likeness (QED) is 0.197. The highest BCUT2D eigenvalue weighted by Crippen LogP contribution is 2.27. The zero-order valence-electron chi connectivity index (χ0n) is 19.2. The standard InChI is InChI=1S/C25H28ClN7O2/c26-17-8-7-9-18(14-17)29-24-20-10-5-6-11-21(20)31-25(32-24)30-19-15-28-33(16-19)23(35)13-4-2-1-3-12-22(27)34/h5-11,14-16,23,35H,1-4,12-13H2,(H2,27,34)(H2,29,30,31,32). The van der Waals surface area contributed by atoms with Gasteiger partial charge in [0.1, 0.15) is 12.0 Å². The third-order valence-electron chi connectivity index (χ3n) is 5.49. The van der Waals surface area contributed by atoms with E-state index in [4.69, 9.17) is 17.3 Å². The molecule has 2 aromatic heterocycles. The van der Waals surface area contributed by atoms with Crippen molar-refractivity contribution >= 4 is 51.6 Å². The van der Waals surface area contributed by atoms with Gasteiger partial charge in [0, 0.05) is 22.5 Å². The Morgan fingerprint density at radius 3 is 2.69 bits per heavy atom. The average Bonchev–Trinajstić information content (AvgIpc) is 3.29. The molecule has 182 valence electrons. The van der Waals surface area contributed by atoms with Gasteiger partial charge < -0.3 is 21.5 Å². The van der Waals surface area contributed by atoms with Gasteiger partial charge in [0.15, 0.2) is 0 Å². The highest BCUT2D eigenvalue weighted by molar-refractivity contribution is 6.30. The van der Waals surface area contributed by atoms with Crippen molar-refractivity contribution in [2.45, 2.75) is 44.8 Å². The largest absolute Gasteiger partial charge is 0.372 e. The molecular weight excluding hydrogens is 466 g/mol. The van der Waals surface area contributed by atoms with Crippen LogP contribution in [0, 0.1) is 0 Å². The van der Waals surface area contributed by atoms with Crippen LogP contribution < -0.4 is 16.4 Å². The second-order valence-corrected chi connectivity index (χ2v) is 8.72. The molecular formula is C25H28ClN7O2. The Kier molecular flexibility index (Phi) is 8.12. The Balaban J connectivity index is 1.42. The molecule has 0 spiro atoms. The van der Waals surface area contributed by atoms with Crippen LogP contribution >= 0.6 is 11.6 Å². The molecule has 35 heavy (non-hydrogen) atoms. The SMILES string of the molecule is NC(=O)CCCCCCC(O)n1cc(Nc2nc(Nc3cccc(Cl)c3)c3ccccc3n2)cn1. The van der Waals surface area contributed by atoms with Crippen LogP contribution in [0.1, 0.15) is 44.8 Å². The van der Waals surface area contributed by atoms with Gasteiger partial charge in [-0.15, -0.1) is 0 Å². The average molecular weight is 494 g/mol. The molecule has 1 atom stereocenters. The number of rotatable bonds is 12. The zero-order chi connectivity index (χ0) is 24.6. The van der Waals surface area contributed by atoms with Crippen molar-refractivity contribution in [3.8, 4) is 0 Å². The Bertz CT molecular complexity index is 1290. The van der Waals surface area contributed by atoms with Gasteiger partial charge >= 0.3 is 0 Å². The number of halogens is 1. The van der Waals surface area contributed by atoms with E-state index in [9.17, 15) is 9.90 Å². The molecule has 1 unspecified atom stereocenters. The minimum Gasteiger partial charge on any atom is -0.372 e. The van der Waals surface area contributed by atoms with Crippen molar-refractivity contribution in [3.63, 3.8) is 0 Å². The number of primary amides is 1. The third-order valence-corrected chi connectivity index (χ3v) is 5.72. The maximum absolute atomic E-state index is 10.8. The molecule has 0 aliphatic carbocycles. The molecule has 4 aromatic rings. The predicted molar refractivity (Wildman–Crippen MR) is 138 cm³/mol. The molecule has 0 aliphatic heterocycles. The number of aromatic nitrogens is 4. The van der Waals surface area contributed by atoms with Crippen molar-refractivity contribution in [1.29, 1.82) is 0 Å². The summed E-state index contributed by atoms with van der Waals surface area (Å²) in [4.78, 5) is 20.1. The van der Waals surface area contributed by atoms with Gasteiger partial charge in [-0.25, -0.2) is 9.67 Å². The highest BCUT2D eigenvalue weighted by Gasteiger charge is 2.12. The number of hydrogen-bond acceptors (Lipinski definition) is 7. The lowest BCUT2D eigenvalue weighted by molar-refractivity contribution is -0.118. The van der Waals surface area contributed by atoms with Crippen LogP contribution in [0.3, 0.4) is 0 Å². The summed E-state index contributed by atoms with van der Waals surface area (Å²) < 4.78 is 1.51. The summed E-state index contributed by atoms with van der Waals surface area (Å²) in [7, 11) is 0. The molecule has 0 radical (unpaired) electrons. The van der Waals surface area contributed by atoms with E-state index in [0.717, 1.165) is 42.3 Å². The minimum absolute atomic E-state index is 0.274. The number of nitrogens with two attached hydrogens (primary N) is 1. The summed E-state index contributed by atoms with van der Waals surface area (Å²) in [5.41, 5.74) is 7.41. The van der Waals surface area contributed by atoms with E-state index >= 15 is 0 Å². The molecule has 2 heterocycles. The van der Waals surface area contributed by atoms with Crippen LogP contribution in [0.2, 0.25) is 5.02 Å². The van der Waals surface area contributed by atoms with Gasteiger partial charge in [-0.2, -0.15) is 10.1 Å². The number of carbonyl (C=O) groups excluding carboxylic acids is 1. The number of unbranched alkanes of at least 4 members (excludes halogenated alkanes) is 3. The number of para-hydroxylation sites is 1. The van der Waals surface area contributed by atoms with E-state index in [2.05, 4.69) is 25.7 Å². The number of amides is 1. The highest BCUT2D eigenvalue weighted by atomic mass is 35.5. The normalized spacial score (nSPS) is 11.9. The van der Waals surface area contributed by atoms with Gasteiger partial charge in [0.05, 0.1) is 23.6 Å². The van der Waals surface area contributed by atoms with E-state index in [1.54, 1.807) is 12.4 Å². The van der Waals surface area contributed by atoms with E-state index in [0.29, 0.717) is 35.3 Å². The van der Waals surface area contributed by atoms with Crippen molar-refractivity contribution in [2.24, 2.45) is 5.73 Å². The van der Waals surface area contributed by atoms with Crippen LogP contribution in [0.15, 0.2) is 60.9 Å². The molecule has 5 N–H and O–H groups in total. The number of benzene rings is 2. The van der Waals surface area contributed by atoms with Crippen molar-refractivity contribution in [2.75, 3.05) is 10.6 Å². The lowest BCUT2D eigenvalue weighted by atomic mass is 10.1. The van der Waals surface area contributed by atoms with Crippen LogP contribution in [0.5, 0.6) is 0 Å². The summed E-state index contributed by atoms with van der Waals surface area (Å²) in [6.45, 7) is 0. The second-order valence-electron chi connectivity index (χ2n) is 8.28. The lowest BCUT2D eigenvalue weighted by Gasteiger charge is -2.12. The first-order valence-corrected chi connectivity index (χ1v) is 11.9. The molecule has 4 rings (SSSR count). The number of nitrogens with one attached hydrogen (secondary N) is 2. The maximum Gasteiger partial charge on any atom is 0.229 e. The van der Waals surface area contributed by atoms with Crippen LogP contribution in [-0.4, -0.2) is 30.8 Å². The number of fused-ring (bicyclic) bond motifs is 1. The van der Waals surface area contributed by atoms with Gasteiger partial charge in [0.2, 0.25) is 11.9 Å². The molecule has 10 heteroatoms. The summed E-state index contributed by atoms with van der Waals surface area (Å²) >= 11 is 6.13. The van der Waals surface area contributed by atoms with Crippen LogP contribution in [0.4, 0.5) is 23.1 Å². The first kappa shape index (κ1) is 24.4. The zero-order valence-corrected chi connectivity index (χ0v) is 19.9. The fraction of sp³-hybridized carbons (Fsp3) is 0.280. The van der Waals surface area contributed by atoms with Crippen molar-refractivity contribution in [1.82, 2.24) is 19.7 Å². The number of anilines is 4. The third kappa shape index (κ3) is 6.91. The van der Waals surface area contributed by atoms with Gasteiger partial charge in [-0.3, -0.25) is 4.79 Å². The summed E-state index contributed by atoms with van der Waals surface area (Å²) in [6.07, 6.45) is 7.02. The minimum atomic E-state index is -0.737. The summed E-state index contributed by atoms with van der Waals surface area (Å²) in [5.74, 6) is 0.769. The topological polar surface area (TPSA) is 131 Å². The lowest BCUT2D eigenvalue weighted by Crippen LogP contribution is -2.10. The fourth-order valence-electron chi connectivity index (χ4n) is 3.74. The fourth-order valence-corrected chi connectivity index (χ4v) is 3.93. The predicted octanol–water partition coefficient (Wildman–Crippen LogP) is 5.28. The van der Waals surface area contributed by atoms with Crippen LogP contribution in [-0.2, 0) is 4.79 Å². The van der Waals surface area contributed by atoms with Crippen molar-refractivity contribution < 1.29 is 9.90 Å². The molecule has 0 aliphatic rings. The first-order valence-electron chi connectivity index (χ1n) is 11.5. The number of nitrogens with zero attached hydrogens (tertiary/aromatic N) is 4. The van der Waals surface area contributed by atoms with Crippen LogP contribution in [0.25, 0.3) is 10.9 Å². The monoisotopic (exact) mass is 493 g/mol. The van der Waals surface area contributed by atoms with E-state index in [1.165, 1.54) is 4.68 Å². The molecule has 0 bridgehead atoms. The summed E-state index contributed by atoms with van der Waals surface area (Å²) in [6, 6.07) is 15.2. The van der Waals surface area contributed by atoms with Gasteiger partial charge in [-0.1, -0.05) is 42.6 Å². The molecule has 0 saturated carbocycles. The second kappa shape index (κ2) is 11.6. The molecule has 9 nitrogen and oxygen atoms in total. The van der Waals surface area contributed by atoms with E-state index in [-0.39, 0.29) is 5.91 Å². The Morgan fingerprint density at radius 1 is 1.03 bits per heavy atom. The van der Waals surface area contributed by atoms with E-state index in [1.807, 2.05) is 48.5 Å². The summed E-state index contributed by atoms with van der Waals surface area (Å²) in [5, 5.41) is 22.7. The molecule has 1 amide bonds. The Labute approximate surface area is 208 Å². The van der Waals surface area contributed by atoms with Gasteiger partial charge in [0.25, 0.3) is 0 Å². The van der Waals surface area contributed by atoms with Crippen molar-refractivity contribution in [3.05, 3.63) is 65.9 Å². The smallest absolute Gasteiger partial charge is 0.229 e. The molecule has 2 aromatic carbocycles. The number of aliphatic hydroxyl groups excluding tert-OH is 1. The number of carbonyl (C=O) groups is 1. The Hall–Kier alpha value is -3.69. The first-order chi connectivity index (χ1) is 17.0. The van der Waals surface area contributed by atoms with Gasteiger partial charge in [-0.05, 0) is 49.6 Å². The number of hydrogen-bond donors (Lipinski definition) is 4. The maximum atomic E-state index is 10.8. The number of aliphatic hydroxyl groups is 1. The molecule has 0 fully saturated rings. The Morgan fingerprint density at radius 2 is 1.86 bits per heavy atom.